The highest BCUT2D eigenvalue weighted by Crippen LogP contribution is 2.24. The molecule has 22 heavy (non-hydrogen) atoms. The second kappa shape index (κ2) is 6.46. The van der Waals surface area contributed by atoms with Gasteiger partial charge in [-0.15, -0.1) is 0 Å². The van der Waals surface area contributed by atoms with Crippen molar-refractivity contribution < 1.29 is 14.0 Å². The second-order valence-electron chi connectivity index (χ2n) is 5.93. The molecule has 3 rings (SSSR count). The molecule has 0 aromatic heterocycles. The van der Waals surface area contributed by atoms with E-state index in [9.17, 15) is 9.18 Å². The molecule has 0 saturated carbocycles. The molecule has 2 aliphatic rings. The van der Waals surface area contributed by atoms with Gasteiger partial charge in [0.15, 0.2) is 0 Å². The van der Waals surface area contributed by atoms with Crippen LogP contribution in [0.5, 0.6) is 0 Å². The number of hydrogen-bond acceptors (Lipinski definition) is 3. The third-order valence-electron chi connectivity index (χ3n) is 4.50. The molecule has 2 aliphatic heterocycles. The molecular weight excluding hydrogens is 283 g/mol. The number of nitrogens with zero attached hydrogens (tertiary/aromatic N) is 2. The lowest BCUT2D eigenvalue weighted by molar-refractivity contribution is -0.146. The highest BCUT2D eigenvalue weighted by atomic mass is 19.1. The van der Waals surface area contributed by atoms with Crippen LogP contribution in [0.2, 0.25) is 0 Å². The van der Waals surface area contributed by atoms with Crippen molar-refractivity contribution in [2.24, 2.45) is 5.16 Å². The van der Waals surface area contributed by atoms with E-state index in [4.69, 9.17) is 4.84 Å². The van der Waals surface area contributed by atoms with Crippen LogP contribution in [0, 0.1) is 5.82 Å². The summed E-state index contributed by atoms with van der Waals surface area (Å²) in [6.45, 7) is 2.93. The molecule has 0 bridgehead atoms. The number of halogens is 1. The van der Waals surface area contributed by atoms with Crippen molar-refractivity contribution >= 4 is 11.6 Å². The fraction of sp³-hybridized carbons (Fsp3) is 0.529. The Labute approximate surface area is 129 Å². The minimum Gasteiger partial charge on any atom is -0.382 e. The summed E-state index contributed by atoms with van der Waals surface area (Å²) >= 11 is 0. The van der Waals surface area contributed by atoms with E-state index in [1.807, 2.05) is 4.90 Å². The van der Waals surface area contributed by atoms with Gasteiger partial charge in [-0.3, -0.25) is 4.79 Å². The van der Waals surface area contributed by atoms with Crippen LogP contribution in [0.15, 0.2) is 29.4 Å². The summed E-state index contributed by atoms with van der Waals surface area (Å²) in [5.41, 5.74) is 1.52. The van der Waals surface area contributed by atoms with Crippen LogP contribution in [0.3, 0.4) is 0 Å². The van der Waals surface area contributed by atoms with Gasteiger partial charge in [0.05, 0.1) is 5.71 Å². The monoisotopic (exact) mass is 304 g/mol. The van der Waals surface area contributed by atoms with Gasteiger partial charge < -0.3 is 9.74 Å². The van der Waals surface area contributed by atoms with Crippen molar-refractivity contribution in [2.45, 2.75) is 51.2 Å². The Morgan fingerprint density at radius 1 is 1.36 bits per heavy atom. The highest BCUT2D eigenvalue weighted by molar-refractivity contribution is 6.04. The maximum absolute atomic E-state index is 13.0. The van der Waals surface area contributed by atoms with E-state index < -0.39 is 6.10 Å². The van der Waals surface area contributed by atoms with Gasteiger partial charge in [0.2, 0.25) is 6.10 Å². The van der Waals surface area contributed by atoms with E-state index in [0.29, 0.717) is 18.2 Å². The maximum Gasteiger partial charge on any atom is 0.267 e. The summed E-state index contributed by atoms with van der Waals surface area (Å²) in [5, 5.41) is 4.03. The molecule has 0 radical (unpaired) electrons. The van der Waals surface area contributed by atoms with Crippen LogP contribution in [0.1, 0.15) is 44.6 Å². The predicted molar refractivity (Wildman–Crippen MR) is 82.1 cm³/mol. The molecule has 2 atom stereocenters. The Kier molecular flexibility index (Phi) is 4.41. The summed E-state index contributed by atoms with van der Waals surface area (Å²) in [4.78, 5) is 20.0. The van der Waals surface area contributed by atoms with Crippen molar-refractivity contribution in [3.05, 3.63) is 35.6 Å². The van der Waals surface area contributed by atoms with Gasteiger partial charge in [0.25, 0.3) is 5.91 Å². The third-order valence-corrected chi connectivity index (χ3v) is 4.50. The quantitative estimate of drug-likeness (QED) is 0.861. The van der Waals surface area contributed by atoms with E-state index >= 15 is 0 Å². The van der Waals surface area contributed by atoms with Gasteiger partial charge in [0.1, 0.15) is 5.82 Å². The number of benzene rings is 1. The molecule has 1 aromatic rings. The first kappa shape index (κ1) is 15.0. The number of carbonyl (C=O) groups is 1. The molecule has 1 amide bonds. The van der Waals surface area contributed by atoms with Gasteiger partial charge in [-0.25, -0.2) is 4.39 Å². The van der Waals surface area contributed by atoms with E-state index in [1.54, 1.807) is 12.1 Å². The average molecular weight is 304 g/mol. The van der Waals surface area contributed by atoms with Gasteiger partial charge in [-0.05, 0) is 43.4 Å². The van der Waals surface area contributed by atoms with Crippen molar-refractivity contribution in [3.8, 4) is 0 Å². The number of likely N-dealkylation sites (tertiary alicyclic amines) is 1. The summed E-state index contributed by atoms with van der Waals surface area (Å²) in [7, 11) is 0. The van der Waals surface area contributed by atoms with Crippen molar-refractivity contribution in [3.63, 3.8) is 0 Å². The zero-order valence-electron chi connectivity index (χ0n) is 12.8. The summed E-state index contributed by atoms with van der Waals surface area (Å²) < 4.78 is 13.0. The second-order valence-corrected chi connectivity index (χ2v) is 5.93. The minimum absolute atomic E-state index is 0.0346. The highest BCUT2D eigenvalue weighted by Gasteiger charge is 2.35. The molecule has 0 unspecified atom stereocenters. The fourth-order valence-electron chi connectivity index (χ4n) is 3.22. The van der Waals surface area contributed by atoms with Crippen LogP contribution < -0.4 is 0 Å². The Bertz CT molecular complexity index is 571. The molecule has 5 heteroatoms. The topological polar surface area (TPSA) is 41.9 Å². The Hall–Kier alpha value is -1.91. The largest absolute Gasteiger partial charge is 0.382 e. The van der Waals surface area contributed by atoms with E-state index in [0.717, 1.165) is 31.4 Å². The molecular formula is C17H21FN2O2. The first-order chi connectivity index (χ1) is 10.7. The van der Waals surface area contributed by atoms with E-state index in [2.05, 4.69) is 12.1 Å². The zero-order valence-corrected chi connectivity index (χ0v) is 12.8. The standard InChI is InChI=1S/C17H21FN2O2/c1-2-14-5-3-4-10-20(14)17(21)16-11-15(19-22-16)12-6-8-13(18)9-7-12/h6-9,14,16H,2-5,10-11H2,1H3/t14-,16+/m1/s1. The van der Waals surface area contributed by atoms with Crippen LogP contribution in [-0.2, 0) is 9.63 Å². The normalized spacial score (nSPS) is 24.8. The summed E-state index contributed by atoms with van der Waals surface area (Å²) in [6.07, 6.45) is 4.21. The minimum atomic E-state index is -0.535. The molecule has 0 spiro atoms. The first-order valence-corrected chi connectivity index (χ1v) is 7.98. The third kappa shape index (κ3) is 2.98. The van der Waals surface area contributed by atoms with Crippen molar-refractivity contribution in [1.82, 2.24) is 4.90 Å². The number of piperidine rings is 1. The lowest BCUT2D eigenvalue weighted by atomic mass is 9.98. The van der Waals surface area contributed by atoms with Crippen LogP contribution in [0.4, 0.5) is 4.39 Å². The van der Waals surface area contributed by atoms with Crippen LogP contribution in [0.25, 0.3) is 0 Å². The molecule has 4 nitrogen and oxygen atoms in total. The van der Waals surface area contributed by atoms with Crippen LogP contribution >= 0.6 is 0 Å². The SMILES string of the molecule is CC[C@@H]1CCCCN1C(=O)[C@@H]1CC(c2ccc(F)cc2)=NO1. The van der Waals surface area contributed by atoms with Gasteiger partial charge >= 0.3 is 0 Å². The average Bonchev–Trinajstić information content (AvgIpc) is 3.05. The zero-order chi connectivity index (χ0) is 15.5. The van der Waals surface area contributed by atoms with E-state index in [1.165, 1.54) is 18.6 Å². The molecule has 0 N–H and O–H groups in total. The van der Waals surface area contributed by atoms with Gasteiger partial charge in [-0.2, -0.15) is 0 Å². The van der Waals surface area contributed by atoms with Crippen molar-refractivity contribution in [1.29, 1.82) is 0 Å². The number of amides is 1. The molecule has 1 saturated heterocycles. The number of rotatable bonds is 3. The molecule has 2 heterocycles. The van der Waals surface area contributed by atoms with Crippen LogP contribution in [-0.4, -0.2) is 35.2 Å². The Morgan fingerprint density at radius 2 is 2.14 bits per heavy atom. The Morgan fingerprint density at radius 3 is 2.86 bits per heavy atom. The lowest BCUT2D eigenvalue weighted by Gasteiger charge is -2.36. The fourth-order valence-corrected chi connectivity index (χ4v) is 3.22. The molecule has 0 aliphatic carbocycles. The maximum atomic E-state index is 13.0. The first-order valence-electron chi connectivity index (χ1n) is 7.98. The van der Waals surface area contributed by atoms with E-state index in [-0.39, 0.29) is 11.7 Å². The lowest BCUT2D eigenvalue weighted by Crippen LogP contribution is -2.48. The van der Waals surface area contributed by atoms with Gasteiger partial charge in [-0.1, -0.05) is 24.2 Å². The number of oxime groups is 1. The Balaban J connectivity index is 1.65. The predicted octanol–water partition coefficient (Wildman–Crippen LogP) is 3.11. The molecule has 1 aromatic carbocycles. The van der Waals surface area contributed by atoms with Gasteiger partial charge in [0, 0.05) is 19.0 Å². The summed E-state index contributed by atoms with van der Waals surface area (Å²) in [5.74, 6) is -0.248. The number of hydrogen-bond donors (Lipinski definition) is 0. The smallest absolute Gasteiger partial charge is 0.267 e. The number of carbonyl (C=O) groups excluding carboxylic acids is 1. The summed E-state index contributed by atoms with van der Waals surface area (Å²) in [6, 6.07) is 6.44. The molecule has 118 valence electrons. The van der Waals surface area contributed by atoms with Crippen molar-refractivity contribution in [2.75, 3.05) is 6.54 Å². The molecule has 1 fully saturated rings.